The Labute approximate surface area is 168 Å². The van der Waals surface area contributed by atoms with Gasteiger partial charge in [-0.3, -0.25) is 4.79 Å². The van der Waals surface area contributed by atoms with Crippen LogP contribution >= 0.6 is 0 Å². The van der Waals surface area contributed by atoms with Crippen LogP contribution in [0.25, 0.3) is 22.3 Å². The molecule has 0 bridgehead atoms. The molecule has 0 aliphatic heterocycles. The van der Waals surface area contributed by atoms with E-state index in [0.29, 0.717) is 36.9 Å². The van der Waals surface area contributed by atoms with Crippen LogP contribution in [0.1, 0.15) is 17.9 Å². The number of nitrogens with zero attached hydrogens (tertiary/aromatic N) is 2. The Balaban J connectivity index is 1.27. The number of carbonyl (C=O) groups excluding carboxylic acids is 1. The third kappa shape index (κ3) is 4.29. The molecule has 0 fully saturated rings. The van der Waals surface area contributed by atoms with E-state index >= 15 is 0 Å². The average molecular weight is 390 g/mol. The fourth-order valence-corrected chi connectivity index (χ4v) is 3.28. The van der Waals surface area contributed by atoms with Crippen LogP contribution in [0, 0.1) is 0 Å². The van der Waals surface area contributed by atoms with Gasteiger partial charge in [-0.1, -0.05) is 35.5 Å². The number of hydrogen-bond donors (Lipinski definition) is 2. The normalized spacial score (nSPS) is 10.9. The van der Waals surface area contributed by atoms with Crippen LogP contribution < -0.4 is 10.1 Å². The summed E-state index contributed by atoms with van der Waals surface area (Å²) >= 11 is 0. The molecule has 0 saturated heterocycles. The number of hydrogen-bond acceptors (Lipinski definition) is 5. The molecule has 2 N–H and O–H groups in total. The molecule has 0 atom stereocenters. The Hall–Kier alpha value is -3.61. The van der Waals surface area contributed by atoms with Gasteiger partial charge in [0.05, 0.1) is 12.7 Å². The molecule has 2 aromatic carbocycles. The summed E-state index contributed by atoms with van der Waals surface area (Å²) in [5.41, 5.74) is 3.06. The maximum absolute atomic E-state index is 12.2. The standard InChI is InChI=1S/C22H22N4O3/c1-28-19-9-5-3-7-17(19)22-25-21(29-26-22)11-10-20(27)23-13-12-15-14-24-18-8-4-2-6-16(15)18/h2-9,14,24H,10-13H2,1H3,(H,23,27). The molecule has 29 heavy (non-hydrogen) atoms. The Bertz CT molecular complexity index is 1120. The summed E-state index contributed by atoms with van der Waals surface area (Å²) < 4.78 is 10.6. The fraction of sp³-hybridized carbons (Fsp3) is 0.227. The molecule has 0 radical (unpaired) electrons. The van der Waals surface area contributed by atoms with Crippen LogP contribution in [0.5, 0.6) is 5.75 Å². The number of methoxy groups -OCH3 is 1. The van der Waals surface area contributed by atoms with Crippen LogP contribution in [0.4, 0.5) is 0 Å². The highest BCUT2D eigenvalue weighted by Crippen LogP contribution is 2.27. The van der Waals surface area contributed by atoms with Gasteiger partial charge in [0.2, 0.25) is 17.6 Å². The second kappa shape index (κ2) is 8.60. The van der Waals surface area contributed by atoms with Crippen molar-refractivity contribution in [2.75, 3.05) is 13.7 Å². The highest BCUT2D eigenvalue weighted by molar-refractivity contribution is 5.83. The fourth-order valence-electron chi connectivity index (χ4n) is 3.28. The van der Waals surface area contributed by atoms with E-state index in [4.69, 9.17) is 9.26 Å². The van der Waals surface area contributed by atoms with Gasteiger partial charge in [-0.05, 0) is 30.2 Å². The zero-order valence-corrected chi connectivity index (χ0v) is 16.1. The number of H-pyrrole nitrogens is 1. The number of aryl methyl sites for hydroxylation is 1. The van der Waals surface area contributed by atoms with Gasteiger partial charge in [0, 0.05) is 36.5 Å². The van der Waals surface area contributed by atoms with E-state index in [2.05, 4.69) is 26.5 Å². The number of carbonyl (C=O) groups is 1. The number of fused-ring (bicyclic) bond motifs is 1. The Morgan fingerprint density at radius 3 is 2.86 bits per heavy atom. The van der Waals surface area contributed by atoms with E-state index in [1.165, 1.54) is 10.9 Å². The zero-order valence-electron chi connectivity index (χ0n) is 16.1. The van der Waals surface area contributed by atoms with Crippen LogP contribution in [-0.4, -0.2) is 34.7 Å². The van der Waals surface area contributed by atoms with Gasteiger partial charge >= 0.3 is 0 Å². The van der Waals surface area contributed by atoms with Crippen molar-refractivity contribution in [2.24, 2.45) is 0 Å². The molecule has 0 unspecified atom stereocenters. The first-order chi connectivity index (χ1) is 14.2. The predicted molar refractivity (Wildman–Crippen MR) is 110 cm³/mol. The number of aromatic nitrogens is 3. The third-order valence-electron chi connectivity index (χ3n) is 4.77. The van der Waals surface area contributed by atoms with Gasteiger partial charge in [0.15, 0.2) is 0 Å². The van der Waals surface area contributed by atoms with Crippen molar-refractivity contribution in [3.63, 3.8) is 0 Å². The molecular formula is C22H22N4O3. The van der Waals surface area contributed by atoms with Gasteiger partial charge in [-0.25, -0.2) is 0 Å². The number of rotatable bonds is 8. The topological polar surface area (TPSA) is 93.0 Å². The van der Waals surface area contributed by atoms with E-state index in [-0.39, 0.29) is 5.91 Å². The Morgan fingerprint density at radius 2 is 1.97 bits per heavy atom. The lowest BCUT2D eigenvalue weighted by Gasteiger charge is -2.04. The highest BCUT2D eigenvalue weighted by atomic mass is 16.5. The van der Waals surface area contributed by atoms with Crippen LogP contribution in [0.2, 0.25) is 0 Å². The molecule has 0 spiro atoms. The van der Waals surface area contributed by atoms with Crippen LogP contribution in [-0.2, 0) is 17.6 Å². The summed E-state index contributed by atoms with van der Waals surface area (Å²) in [6.45, 7) is 0.580. The van der Waals surface area contributed by atoms with Crippen molar-refractivity contribution in [2.45, 2.75) is 19.3 Å². The first kappa shape index (κ1) is 18.7. The van der Waals surface area contributed by atoms with Crippen molar-refractivity contribution < 1.29 is 14.1 Å². The van der Waals surface area contributed by atoms with Crippen molar-refractivity contribution >= 4 is 16.8 Å². The maximum atomic E-state index is 12.2. The summed E-state index contributed by atoms with van der Waals surface area (Å²) in [4.78, 5) is 19.8. The van der Waals surface area contributed by atoms with Crippen molar-refractivity contribution in [1.82, 2.24) is 20.4 Å². The molecule has 4 rings (SSSR count). The van der Waals surface area contributed by atoms with Gasteiger partial charge in [0.25, 0.3) is 0 Å². The monoisotopic (exact) mass is 390 g/mol. The molecule has 0 saturated carbocycles. The van der Waals surface area contributed by atoms with Gasteiger partial charge in [-0.2, -0.15) is 4.98 Å². The van der Waals surface area contributed by atoms with Gasteiger partial charge in [-0.15, -0.1) is 0 Å². The van der Waals surface area contributed by atoms with Crippen molar-refractivity contribution in [3.8, 4) is 17.1 Å². The van der Waals surface area contributed by atoms with E-state index in [0.717, 1.165) is 17.5 Å². The van der Waals surface area contributed by atoms with Crippen molar-refractivity contribution in [1.29, 1.82) is 0 Å². The maximum Gasteiger partial charge on any atom is 0.227 e. The molecule has 0 aliphatic carbocycles. The summed E-state index contributed by atoms with van der Waals surface area (Å²) in [5.74, 6) is 1.52. The smallest absolute Gasteiger partial charge is 0.227 e. The van der Waals surface area contributed by atoms with Crippen LogP contribution in [0.15, 0.2) is 59.3 Å². The molecule has 2 heterocycles. The number of ether oxygens (including phenoxy) is 1. The molecule has 4 aromatic rings. The van der Waals surface area contributed by atoms with Gasteiger partial charge in [0.1, 0.15) is 5.75 Å². The van der Waals surface area contributed by atoms with E-state index in [9.17, 15) is 4.79 Å². The molecular weight excluding hydrogens is 368 g/mol. The van der Waals surface area contributed by atoms with Crippen molar-refractivity contribution in [3.05, 3.63) is 66.2 Å². The molecule has 7 heteroatoms. The second-order valence-corrected chi connectivity index (χ2v) is 6.67. The third-order valence-corrected chi connectivity index (χ3v) is 4.77. The number of amides is 1. The average Bonchev–Trinajstić information content (AvgIpc) is 3.40. The predicted octanol–water partition coefficient (Wildman–Crippen LogP) is 3.52. The zero-order chi connectivity index (χ0) is 20.1. The molecule has 1 amide bonds. The summed E-state index contributed by atoms with van der Waals surface area (Å²) in [6.07, 6.45) is 3.45. The lowest BCUT2D eigenvalue weighted by molar-refractivity contribution is -0.121. The number of nitrogens with one attached hydrogen (secondary N) is 2. The minimum atomic E-state index is -0.0399. The minimum Gasteiger partial charge on any atom is -0.496 e. The lowest BCUT2D eigenvalue weighted by Crippen LogP contribution is -2.25. The Morgan fingerprint density at radius 1 is 1.14 bits per heavy atom. The van der Waals surface area contributed by atoms with E-state index < -0.39 is 0 Å². The van der Waals surface area contributed by atoms with Crippen LogP contribution in [0.3, 0.4) is 0 Å². The molecule has 7 nitrogen and oxygen atoms in total. The van der Waals surface area contributed by atoms with E-state index in [1.54, 1.807) is 7.11 Å². The minimum absolute atomic E-state index is 0.0399. The number of aromatic amines is 1. The molecule has 2 aromatic heterocycles. The van der Waals surface area contributed by atoms with E-state index in [1.807, 2.05) is 48.7 Å². The molecule has 148 valence electrons. The first-order valence-corrected chi connectivity index (χ1v) is 9.52. The highest BCUT2D eigenvalue weighted by Gasteiger charge is 2.14. The number of para-hydroxylation sites is 2. The lowest BCUT2D eigenvalue weighted by atomic mass is 10.1. The second-order valence-electron chi connectivity index (χ2n) is 6.67. The first-order valence-electron chi connectivity index (χ1n) is 9.52. The Kier molecular flexibility index (Phi) is 5.56. The summed E-state index contributed by atoms with van der Waals surface area (Å²) in [7, 11) is 1.60. The van der Waals surface area contributed by atoms with Gasteiger partial charge < -0.3 is 19.6 Å². The largest absolute Gasteiger partial charge is 0.496 e. The quantitative estimate of drug-likeness (QED) is 0.480. The molecule has 0 aliphatic rings. The SMILES string of the molecule is COc1ccccc1-c1noc(CCC(=O)NCCc2c[nH]c3ccccc23)n1. The summed E-state index contributed by atoms with van der Waals surface area (Å²) in [6, 6.07) is 15.6. The number of benzene rings is 2. The summed E-state index contributed by atoms with van der Waals surface area (Å²) in [5, 5.41) is 8.14.